The van der Waals surface area contributed by atoms with Crippen LogP contribution in [0.2, 0.25) is 0 Å². The Morgan fingerprint density at radius 1 is 1.08 bits per heavy atom. The molecule has 0 atom stereocenters. The van der Waals surface area contributed by atoms with Gasteiger partial charge in [-0.1, -0.05) is 29.8 Å². The number of halogens is 1. The molecule has 0 saturated heterocycles. The minimum atomic E-state index is -0.623. The van der Waals surface area contributed by atoms with Crippen molar-refractivity contribution in [3.8, 4) is 0 Å². The highest BCUT2D eigenvalue weighted by Crippen LogP contribution is 2.12. The molecule has 0 saturated carbocycles. The van der Waals surface area contributed by atoms with Crippen LogP contribution < -0.4 is 15.8 Å². The lowest BCUT2D eigenvalue weighted by atomic mass is 10.2. The van der Waals surface area contributed by atoms with E-state index in [2.05, 4.69) is 10.7 Å². The second-order valence-corrected chi connectivity index (χ2v) is 5.28. The van der Waals surface area contributed by atoms with E-state index >= 15 is 0 Å². The van der Waals surface area contributed by atoms with Crippen molar-refractivity contribution in [2.24, 2.45) is 0 Å². The Bertz CT molecular complexity index is 716. The summed E-state index contributed by atoms with van der Waals surface area (Å²) in [6.45, 7) is 4.21. The van der Waals surface area contributed by atoms with E-state index in [4.69, 9.17) is 0 Å². The summed E-state index contributed by atoms with van der Waals surface area (Å²) in [5.41, 5.74) is 4.59. The second-order valence-electron chi connectivity index (χ2n) is 5.28. The van der Waals surface area contributed by atoms with Gasteiger partial charge in [0.15, 0.2) is 0 Å². The topological polar surface area (TPSA) is 61.4 Å². The lowest BCUT2D eigenvalue weighted by molar-refractivity contribution is -0.120. The molecule has 126 valence electrons. The molecule has 2 aromatic rings. The number of benzene rings is 2. The maximum atomic E-state index is 13.5. The number of hydrazine groups is 1. The number of rotatable bonds is 6. The van der Waals surface area contributed by atoms with E-state index in [0.29, 0.717) is 6.54 Å². The predicted molar refractivity (Wildman–Crippen MR) is 91.1 cm³/mol. The van der Waals surface area contributed by atoms with Crippen LogP contribution in [0.15, 0.2) is 48.5 Å². The van der Waals surface area contributed by atoms with E-state index in [9.17, 15) is 14.0 Å². The van der Waals surface area contributed by atoms with Crippen LogP contribution in [0, 0.1) is 12.7 Å². The summed E-state index contributed by atoms with van der Waals surface area (Å²) >= 11 is 0. The summed E-state index contributed by atoms with van der Waals surface area (Å²) in [6, 6.07) is 13.3. The van der Waals surface area contributed by atoms with E-state index in [0.717, 1.165) is 11.3 Å². The van der Waals surface area contributed by atoms with E-state index in [-0.39, 0.29) is 18.0 Å². The zero-order chi connectivity index (χ0) is 17.5. The number of carbonyl (C=O) groups excluding carboxylic acids is 2. The van der Waals surface area contributed by atoms with Crippen LogP contribution >= 0.6 is 0 Å². The molecule has 0 aromatic heterocycles. The molecular weight excluding hydrogens is 309 g/mol. The highest BCUT2D eigenvalue weighted by Gasteiger charge is 2.13. The van der Waals surface area contributed by atoms with Gasteiger partial charge in [0, 0.05) is 6.54 Å². The van der Waals surface area contributed by atoms with Gasteiger partial charge in [0.25, 0.3) is 11.8 Å². The van der Waals surface area contributed by atoms with Crippen molar-refractivity contribution < 1.29 is 14.0 Å². The van der Waals surface area contributed by atoms with E-state index in [1.165, 1.54) is 18.2 Å². The first kappa shape index (κ1) is 17.5. The molecule has 2 rings (SSSR count). The zero-order valence-corrected chi connectivity index (χ0v) is 13.7. The minimum absolute atomic E-state index is 0.0869. The zero-order valence-electron chi connectivity index (χ0n) is 13.7. The summed E-state index contributed by atoms with van der Waals surface area (Å²) in [4.78, 5) is 23.9. The van der Waals surface area contributed by atoms with Gasteiger partial charge in [0.05, 0.1) is 17.8 Å². The number of hydrogen-bond acceptors (Lipinski definition) is 3. The molecule has 0 radical (unpaired) electrons. The first-order chi connectivity index (χ1) is 11.5. The molecule has 0 fully saturated rings. The maximum Gasteiger partial charge on any atom is 0.257 e. The van der Waals surface area contributed by atoms with Crippen molar-refractivity contribution in [3.05, 3.63) is 65.5 Å². The molecule has 0 heterocycles. The Hall–Kier alpha value is -2.89. The monoisotopic (exact) mass is 329 g/mol. The van der Waals surface area contributed by atoms with Crippen LogP contribution in [0.25, 0.3) is 0 Å². The Morgan fingerprint density at radius 2 is 1.75 bits per heavy atom. The van der Waals surface area contributed by atoms with Crippen molar-refractivity contribution >= 4 is 17.5 Å². The predicted octanol–water partition coefficient (Wildman–Crippen LogP) is 2.42. The van der Waals surface area contributed by atoms with Crippen LogP contribution in [0.4, 0.5) is 10.1 Å². The molecule has 0 unspecified atom stereocenters. The molecule has 0 spiro atoms. The number of nitrogens with zero attached hydrogens (tertiary/aromatic N) is 1. The minimum Gasteiger partial charge on any atom is -0.343 e. The Labute approximate surface area is 140 Å². The third-order valence-corrected chi connectivity index (χ3v) is 3.45. The van der Waals surface area contributed by atoms with Crippen LogP contribution in [0.1, 0.15) is 22.8 Å². The first-order valence-corrected chi connectivity index (χ1v) is 7.67. The molecule has 2 aromatic carbocycles. The van der Waals surface area contributed by atoms with Crippen molar-refractivity contribution in [1.82, 2.24) is 10.7 Å². The number of aryl methyl sites for hydroxylation is 1. The Kier molecular flexibility index (Phi) is 5.89. The lowest BCUT2D eigenvalue weighted by Gasteiger charge is -2.24. The van der Waals surface area contributed by atoms with E-state index in [1.807, 2.05) is 38.1 Å². The average Bonchev–Trinajstić information content (AvgIpc) is 2.59. The number of amides is 2. The van der Waals surface area contributed by atoms with Gasteiger partial charge in [-0.25, -0.2) is 4.39 Å². The van der Waals surface area contributed by atoms with Crippen molar-refractivity contribution in [2.45, 2.75) is 13.8 Å². The van der Waals surface area contributed by atoms with Crippen molar-refractivity contribution in [1.29, 1.82) is 0 Å². The van der Waals surface area contributed by atoms with E-state index < -0.39 is 11.7 Å². The lowest BCUT2D eigenvalue weighted by Crippen LogP contribution is -2.47. The van der Waals surface area contributed by atoms with Crippen molar-refractivity contribution in [3.63, 3.8) is 0 Å². The molecule has 2 N–H and O–H groups in total. The third kappa shape index (κ3) is 4.55. The molecular formula is C18H20FN3O2. The SMILES string of the molecule is CCN(NC(=O)CNC(=O)c1ccccc1F)c1ccc(C)cc1. The first-order valence-electron chi connectivity index (χ1n) is 7.67. The molecule has 2 amide bonds. The van der Waals surface area contributed by atoms with Crippen LogP contribution in [0.5, 0.6) is 0 Å². The van der Waals surface area contributed by atoms with Gasteiger partial charge in [-0.15, -0.1) is 0 Å². The fourth-order valence-corrected chi connectivity index (χ4v) is 2.14. The molecule has 0 aliphatic rings. The average molecular weight is 329 g/mol. The van der Waals surface area contributed by atoms with Gasteiger partial charge in [-0.3, -0.25) is 20.0 Å². The molecule has 0 bridgehead atoms. The Balaban J connectivity index is 1.91. The number of hydrogen-bond donors (Lipinski definition) is 2. The fraction of sp³-hybridized carbons (Fsp3) is 0.222. The number of carbonyl (C=O) groups is 2. The molecule has 0 aliphatic heterocycles. The van der Waals surface area contributed by atoms with Gasteiger partial charge in [-0.05, 0) is 38.1 Å². The molecule has 24 heavy (non-hydrogen) atoms. The molecule has 5 nitrogen and oxygen atoms in total. The number of nitrogens with one attached hydrogen (secondary N) is 2. The summed E-state index contributed by atoms with van der Waals surface area (Å²) < 4.78 is 13.5. The summed E-state index contributed by atoms with van der Waals surface area (Å²) in [5.74, 6) is -1.63. The normalized spacial score (nSPS) is 10.1. The van der Waals surface area contributed by atoms with Crippen LogP contribution in [-0.4, -0.2) is 24.9 Å². The number of anilines is 1. The second kappa shape index (κ2) is 8.10. The van der Waals surface area contributed by atoms with E-state index in [1.54, 1.807) is 11.1 Å². The van der Waals surface area contributed by atoms with Gasteiger partial charge >= 0.3 is 0 Å². The quantitative estimate of drug-likeness (QED) is 0.800. The van der Waals surface area contributed by atoms with Gasteiger partial charge < -0.3 is 5.32 Å². The molecule has 0 aliphatic carbocycles. The van der Waals surface area contributed by atoms with Crippen LogP contribution in [0.3, 0.4) is 0 Å². The smallest absolute Gasteiger partial charge is 0.257 e. The van der Waals surface area contributed by atoms with Crippen LogP contribution in [-0.2, 0) is 4.79 Å². The van der Waals surface area contributed by atoms with Crippen molar-refractivity contribution in [2.75, 3.05) is 18.1 Å². The summed E-state index contributed by atoms with van der Waals surface area (Å²) in [5, 5.41) is 4.09. The highest BCUT2D eigenvalue weighted by molar-refractivity contribution is 5.96. The summed E-state index contributed by atoms with van der Waals surface area (Å²) in [6.07, 6.45) is 0. The highest BCUT2D eigenvalue weighted by atomic mass is 19.1. The fourth-order valence-electron chi connectivity index (χ4n) is 2.14. The maximum absolute atomic E-state index is 13.5. The summed E-state index contributed by atoms with van der Waals surface area (Å²) in [7, 11) is 0. The standard InChI is InChI=1S/C18H20FN3O2/c1-3-22(14-10-8-13(2)9-11-14)21-17(23)12-20-18(24)15-6-4-5-7-16(15)19/h4-11H,3,12H2,1-2H3,(H,20,24)(H,21,23). The Morgan fingerprint density at radius 3 is 2.38 bits per heavy atom. The van der Waals surface area contributed by atoms with Gasteiger partial charge in [0.1, 0.15) is 5.82 Å². The molecule has 6 heteroatoms. The van der Waals surface area contributed by atoms with Gasteiger partial charge in [-0.2, -0.15) is 0 Å². The van der Waals surface area contributed by atoms with Gasteiger partial charge in [0.2, 0.25) is 0 Å². The largest absolute Gasteiger partial charge is 0.343 e. The third-order valence-electron chi connectivity index (χ3n) is 3.45.